The van der Waals surface area contributed by atoms with Crippen LogP contribution in [0, 0.1) is 0 Å². The molecule has 1 heterocycles. The molecular formula is C69H122O12. The zero-order valence-corrected chi connectivity index (χ0v) is 52.0. The molecular weight excluding hydrogens is 1020 g/mol. The van der Waals surface area contributed by atoms with Gasteiger partial charge < -0.3 is 39.0 Å². The van der Waals surface area contributed by atoms with Gasteiger partial charge >= 0.3 is 23.9 Å². The minimum Gasteiger partial charge on any atom is -0.479 e. The van der Waals surface area contributed by atoms with E-state index in [2.05, 4.69) is 69.4 Å². The number of rotatable bonds is 58. The monoisotopic (exact) mass is 1140 g/mol. The third kappa shape index (κ3) is 46.7. The van der Waals surface area contributed by atoms with Gasteiger partial charge in [0.05, 0.1) is 6.61 Å². The zero-order valence-electron chi connectivity index (χ0n) is 52.0. The first-order chi connectivity index (χ1) is 39.6. The average molecular weight is 1140 g/mol. The van der Waals surface area contributed by atoms with Crippen LogP contribution in [0.2, 0.25) is 0 Å². The number of carbonyl (C=O) groups excluding carboxylic acids is 3. The van der Waals surface area contributed by atoms with E-state index in [-0.39, 0.29) is 25.9 Å². The van der Waals surface area contributed by atoms with Crippen molar-refractivity contribution in [3.05, 3.63) is 48.6 Å². The number of carboxylic acids is 1. The van der Waals surface area contributed by atoms with Crippen LogP contribution in [0.3, 0.4) is 0 Å². The number of esters is 3. The molecule has 12 heteroatoms. The van der Waals surface area contributed by atoms with Crippen LogP contribution in [0.5, 0.6) is 0 Å². The van der Waals surface area contributed by atoms with Gasteiger partial charge in [0.15, 0.2) is 24.6 Å². The molecule has 0 radical (unpaired) electrons. The van der Waals surface area contributed by atoms with Gasteiger partial charge in [0.1, 0.15) is 18.8 Å². The molecule has 0 spiro atoms. The molecule has 12 nitrogen and oxygen atoms in total. The summed E-state index contributed by atoms with van der Waals surface area (Å²) in [6, 6.07) is 0. The summed E-state index contributed by atoms with van der Waals surface area (Å²) >= 11 is 0. The van der Waals surface area contributed by atoms with Gasteiger partial charge in [-0.15, -0.1) is 0 Å². The summed E-state index contributed by atoms with van der Waals surface area (Å²) in [6.07, 6.45) is 57.8. The normalized spacial score (nSPS) is 18.0. The van der Waals surface area contributed by atoms with Gasteiger partial charge in [-0.2, -0.15) is 0 Å². The van der Waals surface area contributed by atoms with Crippen molar-refractivity contribution < 1.29 is 58.2 Å². The summed E-state index contributed by atoms with van der Waals surface area (Å²) in [5, 5.41) is 31.6. The van der Waals surface area contributed by atoms with Gasteiger partial charge in [0, 0.05) is 19.3 Å². The lowest BCUT2D eigenvalue weighted by atomic mass is 9.98. The van der Waals surface area contributed by atoms with Crippen molar-refractivity contribution in [3.63, 3.8) is 0 Å². The molecule has 470 valence electrons. The molecule has 1 rings (SSSR count). The molecule has 6 unspecified atom stereocenters. The highest BCUT2D eigenvalue weighted by atomic mass is 16.7. The van der Waals surface area contributed by atoms with Crippen LogP contribution >= 0.6 is 0 Å². The maximum absolute atomic E-state index is 13.2. The Kier molecular flexibility index (Phi) is 53.4. The maximum atomic E-state index is 13.2. The Bertz CT molecular complexity index is 1590. The summed E-state index contributed by atoms with van der Waals surface area (Å²) in [7, 11) is 0. The summed E-state index contributed by atoms with van der Waals surface area (Å²) in [4.78, 5) is 51.3. The maximum Gasteiger partial charge on any atom is 0.335 e. The number of aliphatic hydroxyl groups is 2. The van der Waals surface area contributed by atoms with Crippen molar-refractivity contribution in [2.24, 2.45) is 0 Å². The topological polar surface area (TPSA) is 175 Å². The third-order valence-electron chi connectivity index (χ3n) is 15.4. The number of carboxylic acid groups (broad SMARTS) is 1. The second-order valence-electron chi connectivity index (χ2n) is 23.1. The van der Waals surface area contributed by atoms with Crippen LogP contribution in [0.15, 0.2) is 48.6 Å². The lowest BCUT2D eigenvalue weighted by Gasteiger charge is -2.40. The second-order valence-corrected chi connectivity index (χ2v) is 23.1. The van der Waals surface area contributed by atoms with Gasteiger partial charge in [0.2, 0.25) is 0 Å². The van der Waals surface area contributed by atoms with Gasteiger partial charge in [-0.3, -0.25) is 14.4 Å². The Morgan fingerprint density at radius 2 is 0.741 bits per heavy atom. The van der Waals surface area contributed by atoms with Crippen LogP contribution in [0.1, 0.15) is 316 Å². The van der Waals surface area contributed by atoms with Crippen molar-refractivity contribution in [1.29, 1.82) is 0 Å². The van der Waals surface area contributed by atoms with Crippen LogP contribution in [-0.4, -0.2) is 89.2 Å². The fourth-order valence-electron chi connectivity index (χ4n) is 10.2. The predicted octanol–water partition coefficient (Wildman–Crippen LogP) is 18.1. The predicted molar refractivity (Wildman–Crippen MR) is 331 cm³/mol. The minimum absolute atomic E-state index is 0.0480. The molecule has 3 N–H and O–H groups in total. The first-order valence-electron chi connectivity index (χ1n) is 33.6. The molecule has 6 atom stereocenters. The molecule has 1 fully saturated rings. The summed E-state index contributed by atoms with van der Waals surface area (Å²) in [5.74, 6) is -3.11. The Balaban J connectivity index is 2.63. The van der Waals surface area contributed by atoms with E-state index < -0.39 is 67.3 Å². The fraction of sp³-hybridized carbons (Fsp3) is 0.826. The molecule has 0 aromatic rings. The van der Waals surface area contributed by atoms with Gasteiger partial charge in [-0.1, -0.05) is 262 Å². The van der Waals surface area contributed by atoms with Gasteiger partial charge in [0.25, 0.3) is 0 Å². The number of aliphatic hydroxyl groups excluding tert-OH is 2. The number of allylic oxidation sites excluding steroid dienone is 8. The van der Waals surface area contributed by atoms with Gasteiger partial charge in [-0.05, 0) is 83.5 Å². The van der Waals surface area contributed by atoms with Crippen LogP contribution in [-0.2, 0) is 42.9 Å². The highest BCUT2D eigenvalue weighted by Gasteiger charge is 2.50. The summed E-state index contributed by atoms with van der Waals surface area (Å²) < 4.78 is 28.6. The van der Waals surface area contributed by atoms with E-state index in [1.165, 1.54) is 167 Å². The van der Waals surface area contributed by atoms with E-state index in [1.54, 1.807) is 0 Å². The van der Waals surface area contributed by atoms with E-state index in [1.807, 2.05) is 0 Å². The fourth-order valence-corrected chi connectivity index (χ4v) is 10.2. The average Bonchev–Trinajstić information content (AvgIpc) is 3.54. The van der Waals surface area contributed by atoms with E-state index in [4.69, 9.17) is 23.7 Å². The molecule has 0 aromatic heterocycles. The van der Waals surface area contributed by atoms with E-state index in [0.29, 0.717) is 19.3 Å². The van der Waals surface area contributed by atoms with E-state index >= 15 is 0 Å². The Morgan fingerprint density at radius 3 is 1.16 bits per heavy atom. The Labute approximate surface area is 494 Å². The van der Waals surface area contributed by atoms with Crippen LogP contribution < -0.4 is 0 Å². The smallest absolute Gasteiger partial charge is 0.335 e. The lowest BCUT2D eigenvalue weighted by molar-refractivity contribution is -0.301. The zero-order chi connectivity index (χ0) is 58.9. The lowest BCUT2D eigenvalue weighted by Crippen LogP contribution is -2.61. The van der Waals surface area contributed by atoms with Gasteiger partial charge in [-0.25, -0.2) is 4.79 Å². The molecule has 81 heavy (non-hydrogen) atoms. The standard InChI is InChI=1S/C69H122O12/c1-4-7-10-13-16-19-22-25-27-29-31-33-35-38-40-43-46-49-52-55-61(70)77-58-60(79-62(71)56-53-50-47-44-41-37-24-21-18-15-12-9-6-3)59-78-69-67(65(74)64(73)66(81-69)68(75)76)80-63(72)57-54-51-48-45-42-39-36-34-32-30-28-26-23-20-17-14-11-8-5-2/h17,20,25-28,32,34,60,64-67,69,73-74H,4-16,18-19,21-24,29-31,33,35-59H2,1-3H3,(H,75,76)/b20-17-,27-25-,28-26-,34-32-. The molecule has 1 aliphatic rings. The van der Waals surface area contributed by atoms with Crippen molar-refractivity contribution in [3.8, 4) is 0 Å². The van der Waals surface area contributed by atoms with Crippen molar-refractivity contribution in [2.45, 2.75) is 353 Å². The van der Waals surface area contributed by atoms with Crippen LogP contribution in [0.4, 0.5) is 0 Å². The number of aliphatic carboxylic acids is 1. The highest BCUT2D eigenvalue weighted by Crippen LogP contribution is 2.27. The number of ether oxygens (including phenoxy) is 5. The number of carbonyl (C=O) groups is 4. The number of hydrogen-bond acceptors (Lipinski definition) is 11. The first kappa shape index (κ1) is 75.7. The molecule has 0 aromatic carbocycles. The van der Waals surface area contributed by atoms with Crippen molar-refractivity contribution >= 4 is 23.9 Å². The quantitative estimate of drug-likeness (QED) is 0.0228. The van der Waals surface area contributed by atoms with E-state index in [9.17, 15) is 34.5 Å². The Morgan fingerprint density at radius 1 is 0.407 bits per heavy atom. The number of unbranched alkanes of at least 4 members (excludes halogenated alkanes) is 36. The van der Waals surface area contributed by atoms with Crippen molar-refractivity contribution in [2.75, 3.05) is 13.2 Å². The minimum atomic E-state index is -1.91. The van der Waals surface area contributed by atoms with Crippen LogP contribution in [0.25, 0.3) is 0 Å². The highest BCUT2D eigenvalue weighted by molar-refractivity contribution is 5.74. The molecule has 0 amide bonds. The van der Waals surface area contributed by atoms with E-state index in [0.717, 1.165) is 89.9 Å². The SMILES string of the molecule is CCCCC/C=C\C/C=C\C/C=C\CCCCCCCCC(=O)OC1C(OCC(COC(=O)CCCCCCCCCCC/C=C\CCCCCCCC)OC(=O)CCCCCCCCCCCCCCC)OC(C(=O)O)C(O)C1O. The largest absolute Gasteiger partial charge is 0.479 e. The first-order valence-corrected chi connectivity index (χ1v) is 33.6. The summed E-state index contributed by atoms with van der Waals surface area (Å²) in [6.45, 7) is 6.00. The second kappa shape index (κ2) is 57.1. The third-order valence-corrected chi connectivity index (χ3v) is 15.4. The Hall–Kier alpha value is -3.32. The van der Waals surface area contributed by atoms with Crippen molar-refractivity contribution in [1.82, 2.24) is 0 Å². The number of hydrogen-bond donors (Lipinski definition) is 3. The molecule has 0 bridgehead atoms. The summed E-state index contributed by atoms with van der Waals surface area (Å²) in [5.41, 5.74) is 0. The molecule has 0 saturated carbocycles. The molecule has 1 saturated heterocycles. The molecule has 1 aliphatic heterocycles. The molecule has 0 aliphatic carbocycles.